The van der Waals surface area contributed by atoms with Crippen LogP contribution in [0.2, 0.25) is 5.15 Å². The standard InChI is InChI=1S/C19H20ClN5O2.ClH/c20-16-5-4-13(11-23-16)12-25-17(26)19(24-18(25)27,14-6-9-21-10-7-14)15-3-1-2-8-22-15;/h1-5,8,11,14,21H,6-7,9-10,12H2,(H,24,27);1H. The van der Waals surface area contributed by atoms with Gasteiger partial charge in [0.25, 0.3) is 5.91 Å². The monoisotopic (exact) mass is 421 g/mol. The molecule has 0 spiro atoms. The summed E-state index contributed by atoms with van der Waals surface area (Å²) < 4.78 is 0. The molecule has 4 heterocycles. The van der Waals surface area contributed by atoms with Crippen LogP contribution in [0.5, 0.6) is 0 Å². The summed E-state index contributed by atoms with van der Waals surface area (Å²) in [6, 6.07) is 8.47. The van der Waals surface area contributed by atoms with Gasteiger partial charge in [0.2, 0.25) is 0 Å². The number of imide groups is 1. The number of urea groups is 1. The lowest BCUT2D eigenvalue weighted by atomic mass is 9.75. The van der Waals surface area contributed by atoms with E-state index >= 15 is 0 Å². The number of halogens is 2. The van der Waals surface area contributed by atoms with Crippen LogP contribution >= 0.6 is 24.0 Å². The van der Waals surface area contributed by atoms with Crippen molar-refractivity contribution in [3.05, 3.63) is 59.1 Å². The molecule has 148 valence electrons. The van der Waals surface area contributed by atoms with Crippen LogP contribution in [0.4, 0.5) is 4.79 Å². The van der Waals surface area contributed by atoms with Crippen molar-refractivity contribution in [2.24, 2.45) is 5.92 Å². The van der Waals surface area contributed by atoms with Crippen LogP contribution < -0.4 is 10.6 Å². The molecule has 28 heavy (non-hydrogen) atoms. The predicted octanol–water partition coefficient (Wildman–Crippen LogP) is 2.50. The van der Waals surface area contributed by atoms with Gasteiger partial charge in [-0.15, -0.1) is 12.4 Å². The van der Waals surface area contributed by atoms with Gasteiger partial charge in [-0.05, 0) is 55.6 Å². The zero-order valence-electron chi connectivity index (χ0n) is 15.1. The van der Waals surface area contributed by atoms with Crippen LogP contribution in [-0.2, 0) is 16.9 Å². The third-order valence-corrected chi connectivity index (χ3v) is 5.51. The summed E-state index contributed by atoms with van der Waals surface area (Å²) in [5.41, 5.74) is 0.206. The number of hydrogen-bond donors (Lipinski definition) is 2. The number of hydrogen-bond acceptors (Lipinski definition) is 5. The second-order valence-electron chi connectivity index (χ2n) is 6.86. The summed E-state index contributed by atoms with van der Waals surface area (Å²) in [7, 11) is 0. The summed E-state index contributed by atoms with van der Waals surface area (Å²) in [5, 5.41) is 6.67. The van der Waals surface area contributed by atoms with E-state index in [0.29, 0.717) is 10.8 Å². The number of amides is 3. The SMILES string of the molecule is Cl.O=C1NC(c2ccccn2)(C2CCNCC2)C(=O)N1Cc1ccc(Cl)nc1. The van der Waals surface area contributed by atoms with Gasteiger partial charge in [0.05, 0.1) is 12.2 Å². The lowest BCUT2D eigenvalue weighted by molar-refractivity contribution is -0.134. The molecule has 2 fully saturated rings. The fourth-order valence-electron chi connectivity index (χ4n) is 3.93. The Hall–Kier alpha value is -2.22. The molecule has 0 saturated carbocycles. The van der Waals surface area contributed by atoms with Gasteiger partial charge in [0.1, 0.15) is 5.15 Å². The Balaban J connectivity index is 0.00000225. The fraction of sp³-hybridized carbons (Fsp3) is 0.368. The molecule has 0 aliphatic carbocycles. The number of pyridine rings is 2. The van der Waals surface area contributed by atoms with Crippen molar-refractivity contribution in [2.45, 2.75) is 24.9 Å². The van der Waals surface area contributed by atoms with Gasteiger partial charge in [-0.2, -0.15) is 0 Å². The van der Waals surface area contributed by atoms with E-state index in [1.54, 1.807) is 30.6 Å². The molecule has 0 bridgehead atoms. The second-order valence-corrected chi connectivity index (χ2v) is 7.25. The fourth-order valence-corrected chi connectivity index (χ4v) is 4.04. The number of nitrogens with one attached hydrogen (secondary N) is 2. The molecule has 2 aromatic rings. The molecule has 3 amide bonds. The molecular formula is C19H21Cl2N5O2. The maximum absolute atomic E-state index is 13.5. The molecule has 7 nitrogen and oxygen atoms in total. The van der Waals surface area contributed by atoms with E-state index in [2.05, 4.69) is 20.6 Å². The number of carbonyl (C=O) groups is 2. The Kier molecular flexibility index (Phi) is 6.17. The first kappa shape index (κ1) is 20.5. The number of aromatic nitrogens is 2. The third-order valence-electron chi connectivity index (χ3n) is 5.28. The molecule has 9 heteroatoms. The third kappa shape index (κ3) is 3.57. The lowest BCUT2D eigenvalue weighted by Gasteiger charge is -2.37. The summed E-state index contributed by atoms with van der Waals surface area (Å²) in [4.78, 5) is 36.1. The highest BCUT2D eigenvalue weighted by molar-refractivity contribution is 6.29. The zero-order valence-corrected chi connectivity index (χ0v) is 16.7. The topological polar surface area (TPSA) is 87.2 Å². The van der Waals surface area contributed by atoms with Crippen molar-refractivity contribution in [1.82, 2.24) is 25.5 Å². The van der Waals surface area contributed by atoms with Gasteiger partial charge < -0.3 is 10.6 Å². The van der Waals surface area contributed by atoms with Crippen molar-refractivity contribution in [2.75, 3.05) is 13.1 Å². The van der Waals surface area contributed by atoms with Crippen LogP contribution in [-0.4, -0.2) is 39.9 Å². The maximum Gasteiger partial charge on any atom is 0.325 e. The summed E-state index contributed by atoms with van der Waals surface area (Å²) in [6.45, 7) is 1.77. The van der Waals surface area contributed by atoms with Crippen LogP contribution in [0.15, 0.2) is 42.7 Å². The van der Waals surface area contributed by atoms with Crippen LogP contribution in [0.3, 0.4) is 0 Å². The Morgan fingerprint density at radius 1 is 1.14 bits per heavy atom. The molecule has 2 saturated heterocycles. The van der Waals surface area contributed by atoms with E-state index in [0.717, 1.165) is 31.5 Å². The minimum absolute atomic E-state index is 0. The first-order chi connectivity index (χ1) is 13.1. The number of nitrogens with zero attached hydrogens (tertiary/aromatic N) is 3. The van der Waals surface area contributed by atoms with Crippen molar-refractivity contribution in [3.8, 4) is 0 Å². The summed E-state index contributed by atoms with van der Waals surface area (Å²) >= 11 is 5.83. The largest absolute Gasteiger partial charge is 0.325 e. The average Bonchev–Trinajstić information content (AvgIpc) is 2.96. The van der Waals surface area contributed by atoms with E-state index in [9.17, 15) is 9.59 Å². The highest BCUT2D eigenvalue weighted by atomic mass is 35.5. The summed E-state index contributed by atoms with van der Waals surface area (Å²) in [6.07, 6.45) is 4.81. The Morgan fingerprint density at radius 3 is 2.57 bits per heavy atom. The molecule has 0 aromatic carbocycles. The van der Waals surface area contributed by atoms with Gasteiger partial charge in [0.15, 0.2) is 5.54 Å². The minimum Gasteiger partial charge on any atom is -0.318 e. The minimum atomic E-state index is -1.12. The van der Waals surface area contributed by atoms with Crippen LogP contribution in [0, 0.1) is 5.92 Å². The quantitative estimate of drug-likeness (QED) is 0.584. The molecule has 4 rings (SSSR count). The molecule has 2 aromatic heterocycles. The Bertz CT molecular complexity index is 843. The zero-order chi connectivity index (χ0) is 18.9. The molecule has 2 N–H and O–H groups in total. The number of piperidine rings is 1. The van der Waals surface area contributed by atoms with Crippen molar-refractivity contribution in [3.63, 3.8) is 0 Å². The summed E-state index contributed by atoms with van der Waals surface area (Å²) in [5.74, 6) is -0.272. The molecule has 0 radical (unpaired) electrons. The Labute approximate surface area is 174 Å². The van der Waals surface area contributed by atoms with Gasteiger partial charge in [-0.1, -0.05) is 23.7 Å². The van der Waals surface area contributed by atoms with Crippen molar-refractivity contribution >= 4 is 35.9 Å². The highest BCUT2D eigenvalue weighted by Gasteiger charge is 2.57. The molecular weight excluding hydrogens is 401 g/mol. The van der Waals surface area contributed by atoms with E-state index < -0.39 is 11.6 Å². The van der Waals surface area contributed by atoms with E-state index in [4.69, 9.17) is 11.6 Å². The highest BCUT2D eigenvalue weighted by Crippen LogP contribution is 2.40. The number of rotatable bonds is 4. The molecule has 2 aliphatic heterocycles. The average molecular weight is 422 g/mol. The smallest absolute Gasteiger partial charge is 0.318 e. The molecule has 1 atom stereocenters. The van der Waals surface area contributed by atoms with E-state index in [1.807, 2.05) is 12.1 Å². The van der Waals surface area contributed by atoms with Crippen LogP contribution in [0.1, 0.15) is 24.1 Å². The van der Waals surface area contributed by atoms with E-state index in [1.165, 1.54) is 4.90 Å². The van der Waals surface area contributed by atoms with E-state index in [-0.39, 0.29) is 30.8 Å². The van der Waals surface area contributed by atoms with Crippen molar-refractivity contribution < 1.29 is 9.59 Å². The predicted molar refractivity (Wildman–Crippen MR) is 107 cm³/mol. The normalized spacial score (nSPS) is 22.7. The van der Waals surface area contributed by atoms with Gasteiger partial charge in [-0.3, -0.25) is 14.7 Å². The lowest BCUT2D eigenvalue weighted by Crippen LogP contribution is -2.53. The molecule has 1 unspecified atom stereocenters. The molecule has 2 aliphatic rings. The van der Waals surface area contributed by atoms with Gasteiger partial charge in [-0.25, -0.2) is 9.78 Å². The van der Waals surface area contributed by atoms with Crippen molar-refractivity contribution in [1.29, 1.82) is 0 Å². The number of carbonyl (C=O) groups excluding carboxylic acids is 2. The van der Waals surface area contributed by atoms with Gasteiger partial charge >= 0.3 is 6.03 Å². The maximum atomic E-state index is 13.5. The first-order valence-corrected chi connectivity index (χ1v) is 9.36. The van der Waals surface area contributed by atoms with Crippen LogP contribution in [0.25, 0.3) is 0 Å². The first-order valence-electron chi connectivity index (χ1n) is 8.98. The second kappa shape index (κ2) is 8.43. The van der Waals surface area contributed by atoms with Gasteiger partial charge in [0, 0.05) is 12.4 Å². The Morgan fingerprint density at radius 2 is 1.93 bits per heavy atom.